The number of hydrogen-bond donors (Lipinski definition) is 1. The summed E-state index contributed by atoms with van der Waals surface area (Å²) in [6.45, 7) is 10.0. The summed E-state index contributed by atoms with van der Waals surface area (Å²) in [5, 5.41) is 3.51. The van der Waals surface area contributed by atoms with Crippen LogP contribution in [0.25, 0.3) is 0 Å². The first kappa shape index (κ1) is 14.9. The summed E-state index contributed by atoms with van der Waals surface area (Å²) < 4.78 is 5.63. The third kappa shape index (κ3) is 7.74. The molecule has 1 unspecified atom stereocenters. The Morgan fingerprint density at radius 2 is 2.18 bits per heavy atom. The van der Waals surface area contributed by atoms with Gasteiger partial charge < -0.3 is 15.0 Å². The van der Waals surface area contributed by atoms with Crippen LogP contribution in [0.2, 0.25) is 0 Å². The van der Waals surface area contributed by atoms with Crippen molar-refractivity contribution < 1.29 is 4.74 Å². The number of rotatable bonds is 9. The van der Waals surface area contributed by atoms with Gasteiger partial charge in [0.25, 0.3) is 0 Å². The molecule has 0 radical (unpaired) electrons. The highest BCUT2D eigenvalue weighted by Crippen LogP contribution is 2.12. The second-order valence-corrected chi connectivity index (χ2v) is 5.68. The lowest BCUT2D eigenvalue weighted by atomic mass is 10.1. The van der Waals surface area contributed by atoms with Crippen LogP contribution in [0.4, 0.5) is 0 Å². The molecule has 3 heteroatoms. The van der Waals surface area contributed by atoms with Gasteiger partial charge in [-0.25, -0.2) is 0 Å². The molecular weight excluding hydrogens is 212 g/mol. The van der Waals surface area contributed by atoms with Crippen molar-refractivity contribution >= 4 is 0 Å². The summed E-state index contributed by atoms with van der Waals surface area (Å²) in [5.41, 5.74) is 0. The molecule has 1 heterocycles. The van der Waals surface area contributed by atoms with Gasteiger partial charge in [0.05, 0.1) is 6.10 Å². The van der Waals surface area contributed by atoms with Crippen molar-refractivity contribution in [3.05, 3.63) is 0 Å². The Morgan fingerprint density at radius 3 is 2.82 bits per heavy atom. The summed E-state index contributed by atoms with van der Waals surface area (Å²) in [4.78, 5) is 2.38. The normalized spacial score (nSPS) is 20.6. The van der Waals surface area contributed by atoms with Crippen LogP contribution < -0.4 is 5.32 Å². The van der Waals surface area contributed by atoms with Crippen LogP contribution >= 0.6 is 0 Å². The highest BCUT2D eigenvalue weighted by Gasteiger charge is 2.16. The van der Waals surface area contributed by atoms with Crippen LogP contribution in [0.15, 0.2) is 0 Å². The smallest absolute Gasteiger partial charge is 0.0702 e. The quantitative estimate of drug-likeness (QED) is 0.627. The number of nitrogens with zero attached hydrogens (tertiary/aromatic N) is 1. The SMILES string of the molecule is CC(C)CCCNCCN(C)CC1CCCO1. The van der Waals surface area contributed by atoms with Gasteiger partial charge in [0.1, 0.15) is 0 Å². The fraction of sp³-hybridized carbons (Fsp3) is 1.00. The fourth-order valence-corrected chi connectivity index (χ4v) is 2.26. The topological polar surface area (TPSA) is 24.5 Å². The maximum atomic E-state index is 5.63. The van der Waals surface area contributed by atoms with Crippen molar-refractivity contribution in [1.82, 2.24) is 10.2 Å². The van der Waals surface area contributed by atoms with Crippen LogP contribution in [0, 0.1) is 5.92 Å². The molecule has 17 heavy (non-hydrogen) atoms. The van der Waals surface area contributed by atoms with E-state index in [0.717, 1.165) is 38.7 Å². The van der Waals surface area contributed by atoms with E-state index in [1.165, 1.54) is 25.7 Å². The van der Waals surface area contributed by atoms with E-state index in [-0.39, 0.29) is 0 Å². The monoisotopic (exact) mass is 242 g/mol. The minimum absolute atomic E-state index is 0.487. The number of hydrogen-bond acceptors (Lipinski definition) is 3. The standard InChI is InChI=1S/C14H30N2O/c1-13(2)6-4-8-15-9-10-16(3)12-14-7-5-11-17-14/h13-15H,4-12H2,1-3H3. The minimum Gasteiger partial charge on any atom is -0.377 e. The summed E-state index contributed by atoms with van der Waals surface area (Å²) in [6.07, 6.45) is 5.60. The highest BCUT2D eigenvalue weighted by molar-refractivity contribution is 4.69. The lowest BCUT2D eigenvalue weighted by Crippen LogP contribution is -2.34. The summed E-state index contributed by atoms with van der Waals surface area (Å²) in [6, 6.07) is 0. The van der Waals surface area contributed by atoms with Crippen molar-refractivity contribution in [2.75, 3.05) is 39.8 Å². The molecule has 0 amide bonds. The molecular formula is C14H30N2O. The van der Waals surface area contributed by atoms with E-state index in [9.17, 15) is 0 Å². The van der Waals surface area contributed by atoms with Crippen molar-refractivity contribution in [2.45, 2.75) is 45.6 Å². The zero-order chi connectivity index (χ0) is 12.5. The first-order valence-corrected chi connectivity index (χ1v) is 7.19. The van der Waals surface area contributed by atoms with E-state index in [1.807, 2.05) is 0 Å². The van der Waals surface area contributed by atoms with E-state index in [1.54, 1.807) is 0 Å². The van der Waals surface area contributed by atoms with Gasteiger partial charge in [-0.15, -0.1) is 0 Å². The van der Waals surface area contributed by atoms with E-state index < -0.39 is 0 Å². The Balaban J connectivity index is 1.87. The summed E-state index contributed by atoms with van der Waals surface area (Å²) in [7, 11) is 2.19. The van der Waals surface area contributed by atoms with Gasteiger partial charge in [0, 0.05) is 26.2 Å². The van der Waals surface area contributed by atoms with E-state index in [2.05, 4.69) is 31.1 Å². The molecule has 1 saturated heterocycles. The molecule has 102 valence electrons. The maximum absolute atomic E-state index is 5.63. The first-order valence-electron chi connectivity index (χ1n) is 7.19. The zero-order valence-corrected chi connectivity index (χ0v) is 11.9. The van der Waals surface area contributed by atoms with Crippen LogP contribution in [-0.2, 0) is 4.74 Å². The van der Waals surface area contributed by atoms with Crippen molar-refractivity contribution in [3.63, 3.8) is 0 Å². The van der Waals surface area contributed by atoms with Gasteiger partial charge in [0.2, 0.25) is 0 Å². The predicted molar refractivity (Wildman–Crippen MR) is 73.4 cm³/mol. The van der Waals surface area contributed by atoms with E-state index in [4.69, 9.17) is 4.74 Å². The Hall–Kier alpha value is -0.120. The van der Waals surface area contributed by atoms with E-state index >= 15 is 0 Å². The molecule has 1 aliphatic rings. The van der Waals surface area contributed by atoms with Gasteiger partial charge in [-0.1, -0.05) is 13.8 Å². The maximum Gasteiger partial charge on any atom is 0.0702 e. The molecule has 1 fully saturated rings. The Kier molecular flexibility index (Phi) is 7.82. The van der Waals surface area contributed by atoms with Gasteiger partial charge in [-0.3, -0.25) is 0 Å². The summed E-state index contributed by atoms with van der Waals surface area (Å²) >= 11 is 0. The molecule has 0 aromatic heterocycles. The van der Waals surface area contributed by atoms with E-state index in [0.29, 0.717) is 6.10 Å². The third-order valence-corrected chi connectivity index (χ3v) is 3.34. The Morgan fingerprint density at radius 1 is 1.35 bits per heavy atom. The third-order valence-electron chi connectivity index (χ3n) is 3.34. The summed E-state index contributed by atoms with van der Waals surface area (Å²) in [5.74, 6) is 0.832. The molecule has 1 N–H and O–H groups in total. The minimum atomic E-state index is 0.487. The second kappa shape index (κ2) is 8.90. The number of ether oxygens (including phenoxy) is 1. The molecule has 0 bridgehead atoms. The number of likely N-dealkylation sites (N-methyl/N-ethyl adjacent to an activating group) is 1. The van der Waals surface area contributed by atoms with Crippen LogP contribution in [0.1, 0.15) is 39.5 Å². The van der Waals surface area contributed by atoms with Crippen molar-refractivity contribution in [2.24, 2.45) is 5.92 Å². The van der Waals surface area contributed by atoms with Crippen LogP contribution in [0.3, 0.4) is 0 Å². The molecule has 0 aromatic carbocycles. The molecule has 3 nitrogen and oxygen atoms in total. The van der Waals surface area contributed by atoms with Gasteiger partial charge in [-0.2, -0.15) is 0 Å². The predicted octanol–water partition coefficient (Wildman–Crippen LogP) is 2.12. The molecule has 0 saturated carbocycles. The van der Waals surface area contributed by atoms with Crippen molar-refractivity contribution in [3.8, 4) is 0 Å². The van der Waals surface area contributed by atoms with Crippen molar-refractivity contribution in [1.29, 1.82) is 0 Å². The molecule has 0 aliphatic carbocycles. The fourth-order valence-electron chi connectivity index (χ4n) is 2.26. The lowest BCUT2D eigenvalue weighted by Gasteiger charge is -2.20. The molecule has 1 aliphatic heterocycles. The van der Waals surface area contributed by atoms with Gasteiger partial charge >= 0.3 is 0 Å². The van der Waals surface area contributed by atoms with Crippen LogP contribution in [0.5, 0.6) is 0 Å². The molecule has 1 atom stereocenters. The second-order valence-electron chi connectivity index (χ2n) is 5.68. The first-order chi connectivity index (χ1) is 8.18. The average molecular weight is 242 g/mol. The zero-order valence-electron chi connectivity index (χ0n) is 11.9. The Labute approximate surface area is 107 Å². The highest BCUT2D eigenvalue weighted by atomic mass is 16.5. The van der Waals surface area contributed by atoms with Gasteiger partial charge in [0.15, 0.2) is 0 Å². The molecule has 0 aromatic rings. The van der Waals surface area contributed by atoms with Gasteiger partial charge in [-0.05, 0) is 45.2 Å². The molecule has 1 rings (SSSR count). The average Bonchev–Trinajstić information content (AvgIpc) is 2.75. The molecule has 0 spiro atoms. The lowest BCUT2D eigenvalue weighted by molar-refractivity contribution is 0.0815. The number of nitrogens with one attached hydrogen (secondary N) is 1. The largest absolute Gasteiger partial charge is 0.377 e. The Bertz CT molecular complexity index is 179. The van der Waals surface area contributed by atoms with Crippen LogP contribution in [-0.4, -0.2) is 50.8 Å².